The molecule has 1 heterocycles. The minimum atomic E-state index is 0.140. The maximum atomic E-state index is 12.3. The second-order valence-electron chi connectivity index (χ2n) is 4.67. The average molecular weight is 317 g/mol. The van der Waals surface area contributed by atoms with Crippen molar-refractivity contribution in [2.75, 3.05) is 0 Å². The zero-order valence-electron chi connectivity index (χ0n) is 10.4. The highest BCUT2D eigenvalue weighted by Gasteiger charge is 2.15. The predicted molar refractivity (Wildman–Crippen MR) is 77.1 cm³/mol. The van der Waals surface area contributed by atoms with Gasteiger partial charge in [-0.15, -0.1) is 0 Å². The number of ether oxygens (including phenoxy) is 1. The number of Topliss-reactive ketones (excluding diaryl/α,β-unsaturated/α-hetero) is 1. The Morgan fingerprint density at radius 1 is 1.11 bits per heavy atom. The minimum absolute atomic E-state index is 0.140. The molecule has 0 bridgehead atoms. The van der Waals surface area contributed by atoms with E-state index in [1.165, 1.54) is 5.56 Å². The number of benzene rings is 2. The number of ketones is 1. The molecule has 0 amide bonds. The van der Waals surface area contributed by atoms with E-state index in [1.54, 1.807) is 0 Å². The van der Waals surface area contributed by atoms with Crippen LogP contribution in [0.25, 0.3) is 0 Å². The summed E-state index contributed by atoms with van der Waals surface area (Å²) in [5, 5.41) is 0. The van der Waals surface area contributed by atoms with Gasteiger partial charge in [-0.1, -0.05) is 46.3 Å². The molecule has 1 aliphatic heterocycles. The fourth-order valence-corrected chi connectivity index (χ4v) is 2.69. The lowest BCUT2D eigenvalue weighted by molar-refractivity contribution is 0.0992. The van der Waals surface area contributed by atoms with Gasteiger partial charge in [-0.05, 0) is 28.8 Å². The molecular weight excluding hydrogens is 304 g/mol. The third-order valence-corrected chi connectivity index (χ3v) is 4.13. The lowest BCUT2D eigenvalue weighted by Crippen LogP contribution is -2.04. The number of fused-ring (bicyclic) bond motifs is 1. The van der Waals surface area contributed by atoms with Crippen LogP contribution < -0.4 is 0 Å². The first-order valence-corrected chi connectivity index (χ1v) is 6.99. The van der Waals surface area contributed by atoms with Crippen LogP contribution >= 0.6 is 15.9 Å². The Kier molecular flexibility index (Phi) is 3.49. The van der Waals surface area contributed by atoms with E-state index in [0.29, 0.717) is 19.6 Å². The van der Waals surface area contributed by atoms with E-state index in [2.05, 4.69) is 15.9 Å². The molecule has 3 heteroatoms. The largest absolute Gasteiger partial charge is 0.372 e. The van der Waals surface area contributed by atoms with Crippen LogP contribution in [0.4, 0.5) is 0 Å². The third kappa shape index (κ3) is 2.62. The fourth-order valence-electron chi connectivity index (χ4n) is 2.26. The van der Waals surface area contributed by atoms with E-state index >= 15 is 0 Å². The summed E-state index contributed by atoms with van der Waals surface area (Å²) in [5.41, 5.74) is 4.11. The van der Waals surface area contributed by atoms with Gasteiger partial charge in [-0.25, -0.2) is 0 Å². The van der Waals surface area contributed by atoms with Gasteiger partial charge in [0.25, 0.3) is 0 Å². The van der Waals surface area contributed by atoms with Gasteiger partial charge in [-0.3, -0.25) is 4.79 Å². The van der Waals surface area contributed by atoms with Crippen molar-refractivity contribution in [3.63, 3.8) is 0 Å². The number of carbonyl (C=O) groups is 1. The van der Waals surface area contributed by atoms with E-state index in [4.69, 9.17) is 4.74 Å². The highest BCUT2D eigenvalue weighted by Crippen LogP contribution is 2.23. The van der Waals surface area contributed by atoms with Crippen molar-refractivity contribution in [3.05, 3.63) is 69.2 Å². The number of carbonyl (C=O) groups excluding carboxylic acids is 1. The molecule has 3 rings (SSSR count). The van der Waals surface area contributed by atoms with Gasteiger partial charge >= 0.3 is 0 Å². The third-order valence-electron chi connectivity index (χ3n) is 3.35. The van der Waals surface area contributed by atoms with Crippen LogP contribution in [0.3, 0.4) is 0 Å². The average Bonchev–Trinajstić information content (AvgIpc) is 2.88. The zero-order valence-corrected chi connectivity index (χ0v) is 11.9. The number of hydrogen-bond acceptors (Lipinski definition) is 2. The smallest absolute Gasteiger partial charge is 0.167 e. The topological polar surface area (TPSA) is 26.3 Å². The molecule has 2 aromatic rings. The van der Waals surface area contributed by atoms with Crippen LogP contribution in [-0.4, -0.2) is 5.78 Å². The van der Waals surface area contributed by atoms with Crippen molar-refractivity contribution in [1.29, 1.82) is 0 Å². The van der Waals surface area contributed by atoms with E-state index in [0.717, 1.165) is 21.2 Å². The molecule has 0 saturated heterocycles. The lowest BCUT2D eigenvalue weighted by atomic mass is 9.99. The van der Waals surface area contributed by atoms with Crippen LogP contribution in [0.15, 0.2) is 46.9 Å². The quantitative estimate of drug-likeness (QED) is 0.803. The van der Waals surface area contributed by atoms with Gasteiger partial charge in [-0.2, -0.15) is 0 Å². The van der Waals surface area contributed by atoms with E-state index in [9.17, 15) is 4.79 Å². The van der Waals surface area contributed by atoms with Gasteiger partial charge in [0, 0.05) is 16.5 Å². The van der Waals surface area contributed by atoms with E-state index in [1.807, 2.05) is 42.5 Å². The predicted octanol–water partition coefficient (Wildman–Crippen LogP) is 3.90. The second-order valence-corrected chi connectivity index (χ2v) is 5.52. The standard InChI is InChI=1S/C16H13BrO2/c17-15-4-2-1-3-11(15)8-16(18)12-5-6-13-9-19-10-14(13)7-12/h1-7H,8-10H2. The first-order chi connectivity index (χ1) is 9.24. The summed E-state index contributed by atoms with van der Waals surface area (Å²) in [6.07, 6.45) is 0.418. The van der Waals surface area contributed by atoms with Gasteiger partial charge in [0.1, 0.15) is 0 Å². The number of hydrogen-bond donors (Lipinski definition) is 0. The summed E-state index contributed by atoms with van der Waals surface area (Å²) >= 11 is 3.47. The molecule has 0 atom stereocenters. The first-order valence-electron chi connectivity index (χ1n) is 6.20. The molecule has 0 fully saturated rings. The summed E-state index contributed by atoms with van der Waals surface area (Å²) in [5.74, 6) is 0.140. The van der Waals surface area contributed by atoms with E-state index < -0.39 is 0 Å². The van der Waals surface area contributed by atoms with Crippen molar-refractivity contribution < 1.29 is 9.53 Å². The molecule has 0 aliphatic carbocycles. The van der Waals surface area contributed by atoms with Crippen LogP contribution in [0.5, 0.6) is 0 Å². The van der Waals surface area contributed by atoms with Gasteiger partial charge in [0.15, 0.2) is 5.78 Å². The molecule has 0 radical (unpaired) electrons. The van der Waals surface area contributed by atoms with Gasteiger partial charge < -0.3 is 4.74 Å². The van der Waals surface area contributed by atoms with Crippen molar-refractivity contribution in [3.8, 4) is 0 Å². The summed E-state index contributed by atoms with van der Waals surface area (Å²) in [6, 6.07) is 13.7. The van der Waals surface area contributed by atoms with Crippen molar-refractivity contribution in [2.24, 2.45) is 0 Å². The van der Waals surface area contributed by atoms with Crippen LogP contribution in [-0.2, 0) is 24.4 Å². The molecule has 1 aliphatic rings. The summed E-state index contributed by atoms with van der Waals surface area (Å²) in [6.45, 7) is 1.28. The van der Waals surface area contributed by atoms with E-state index in [-0.39, 0.29) is 5.78 Å². The van der Waals surface area contributed by atoms with Gasteiger partial charge in [0.05, 0.1) is 13.2 Å². The normalized spacial score (nSPS) is 13.3. The number of rotatable bonds is 3. The number of halogens is 1. The Labute approximate surface area is 120 Å². The monoisotopic (exact) mass is 316 g/mol. The molecule has 0 N–H and O–H groups in total. The fraction of sp³-hybridized carbons (Fsp3) is 0.188. The molecule has 0 aromatic heterocycles. The Morgan fingerprint density at radius 3 is 2.74 bits per heavy atom. The zero-order chi connectivity index (χ0) is 13.2. The van der Waals surface area contributed by atoms with Crippen LogP contribution in [0.2, 0.25) is 0 Å². The Balaban J connectivity index is 1.83. The van der Waals surface area contributed by atoms with Crippen LogP contribution in [0.1, 0.15) is 27.0 Å². The molecule has 19 heavy (non-hydrogen) atoms. The highest BCUT2D eigenvalue weighted by atomic mass is 79.9. The summed E-state index contributed by atoms with van der Waals surface area (Å²) < 4.78 is 6.35. The molecule has 2 aromatic carbocycles. The summed E-state index contributed by atoms with van der Waals surface area (Å²) in [7, 11) is 0. The maximum absolute atomic E-state index is 12.3. The SMILES string of the molecule is O=C(Cc1ccccc1Br)c1ccc2c(c1)COC2. The molecule has 96 valence electrons. The molecule has 2 nitrogen and oxygen atoms in total. The Morgan fingerprint density at radius 2 is 1.89 bits per heavy atom. The Bertz CT molecular complexity index is 634. The lowest BCUT2D eigenvalue weighted by Gasteiger charge is -2.05. The van der Waals surface area contributed by atoms with Crippen molar-refractivity contribution in [2.45, 2.75) is 19.6 Å². The second kappa shape index (κ2) is 5.27. The van der Waals surface area contributed by atoms with Gasteiger partial charge in [0.2, 0.25) is 0 Å². The maximum Gasteiger partial charge on any atom is 0.167 e. The highest BCUT2D eigenvalue weighted by molar-refractivity contribution is 9.10. The minimum Gasteiger partial charge on any atom is -0.372 e. The molecule has 0 unspecified atom stereocenters. The first kappa shape index (κ1) is 12.6. The van der Waals surface area contributed by atoms with Crippen LogP contribution in [0, 0.1) is 0 Å². The summed E-state index contributed by atoms with van der Waals surface area (Å²) in [4.78, 5) is 12.3. The Hall–Kier alpha value is -1.45. The van der Waals surface area contributed by atoms with Crippen molar-refractivity contribution >= 4 is 21.7 Å². The molecule has 0 saturated carbocycles. The molecular formula is C16H13BrO2. The van der Waals surface area contributed by atoms with Crippen molar-refractivity contribution in [1.82, 2.24) is 0 Å². The molecule has 0 spiro atoms.